The number of halogens is 1. The molecule has 2 rings (SSSR count). The largest absolute Gasteiger partial charge is 0.490 e. The number of nitrogens with two attached hydrogens (primary N) is 1. The predicted octanol–water partition coefficient (Wildman–Crippen LogP) is 4.00. The maximum Gasteiger partial charge on any atom is 0.284 e. The van der Waals surface area contributed by atoms with E-state index in [1.54, 1.807) is 19.2 Å². The number of amides is 1. The molecule has 9 heteroatoms. The molecule has 0 saturated carbocycles. The summed E-state index contributed by atoms with van der Waals surface area (Å²) in [5, 5.41) is 6.50. The Labute approximate surface area is 201 Å². The van der Waals surface area contributed by atoms with Crippen LogP contribution >= 0.6 is 24.0 Å². The average molecular weight is 544 g/mol. The van der Waals surface area contributed by atoms with Crippen LogP contribution in [0.1, 0.15) is 61.5 Å². The molecule has 4 N–H and O–H groups in total. The molecule has 1 unspecified atom stereocenters. The van der Waals surface area contributed by atoms with Crippen molar-refractivity contribution in [3.8, 4) is 11.5 Å². The molecule has 0 aliphatic heterocycles. The third-order valence-electron chi connectivity index (χ3n) is 4.30. The molecule has 8 nitrogen and oxygen atoms in total. The lowest BCUT2D eigenvalue weighted by Crippen LogP contribution is -2.38. The summed E-state index contributed by atoms with van der Waals surface area (Å²) in [5.41, 5.74) is 6.25. The Bertz CT molecular complexity index is 854. The number of nitrogens with one attached hydrogen (secondary N) is 2. The molecular formula is C22H33IN4O4. The second kappa shape index (κ2) is 13.8. The first kappa shape index (κ1) is 26.6. The quantitative estimate of drug-likeness (QED) is 0.224. The van der Waals surface area contributed by atoms with Crippen molar-refractivity contribution in [2.24, 2.45) is 10.7 Å². The number of furan rings is 1. The molecule has 0 radical (unpaired) electrons. The van der Waals surface area contributed by atoms with Gasteiger partial charge in [0.15, 0.2) is 23.2 Å². The number of benzene rings is 1. The highest BCUT2D eigenvalue weighted by Crippen LogP contribution is 2.31. The molecule has 1 aromatic carbocycles. The summed E-state index contributed by atoms with van der Waals surface area (Å²) < 4.78 is 17.1. The van der Waals surface area contributed by atoms with E-state index in [9.17, 15) is 4.79 Å². The minimum Gasteiger partial charge on any atom is -0.490 e. The third-order valence-corrected chi connectivity index (χ3v) is 4.30. The fraction of sp³-hybridized carbons (Fsp3) is 0.455. The number of ether oxygens (including phenoxy) is 2. The Hall–Kier alpha value is -2.43. The van der Waals surface area contributed by atoms with Gasteiger partial charge in [-0.25, -0.2) is 0 Å². The van der Waals surface area contributed by atoms with E-state index in [1.165, 1.54) is 0 Å². The number of rotatable bonds is 11. The van der Waals surface area contributed by atoms with Crippen LogP contribution in [0.4, 0.5) is 0 Å². The first-order valence-corrected chi connectivity index (χ1v) is 10.2. The molecular weight excluding hydrogens is 511 g/mol. The topological polar surface area (TPSA) is 111 Å². The standard InChI is InChI=1S/C22H32N4O4.HI/c1-5-11-28-18-9-7-16(13-20(18)29-12-6-2)15(3)26-22(24-4)25-14-17-8-10-19(30-17)21(23)27;/h7-10,13,15H,5-6,11-12,14H2,1-4H3,(H2,23,27)(H2,24,25,26);1H. The molecule has 0 saturated heterocycles. The molecule has 0 bridgehead atoms. The number of hydrogen-bond acceptors (Lipinski definition) is 5. The first-order valence-electron chi connectivity index (χ1n) is 10.2. The molecule has 0 fully saturated rings. The number of hydrogen-bond donors (Lipinski definition) is 3. The van der Waals surface area contributed by atoms with Crippen molar-refractivity contribution in [1.29, 1.82) is 0 Å². The molecule has 0 aliphatic rings. The summed E-state index contributed by atoms with van der Waals surface area (Å²) in [5.74, 6) is 2.23. The molecule has 172 valence electrons. The van der Waals surface area contributed by atoms with E-state index in [0.717, 1.165) is 29.9 Å². The fourth-order valence-corrected chi connectivity index (χ4v) is 2.71. The molecule has 0 aliphatic carbocycles. The SMILES string of the molecule is CCCOc1ccc(C(C)NC(=NC)NCc2ccc(C(N)=O)o2)cc1OCCC.I. The van der Waals surface area contributed by atoms with Crippen LogP contribution in [-0.4, -0.2) is 32.1 Å². The van der Waals surface area contributed by atoms with Crippen molar-refractivity contribution in [2.45, 2.75) is 46.2 Å². The molecule has 0 spiro atoms. The number of nitrogens with zero attached hydrogens (tertiary/aromatic N) is 1. The second-order valence-corrected chi connectivity index (χ2v) is 6.83. The van der Waals surface area contributed by atoms with Crippen LogP contribution in [0, 0.1) is 0 Å². The van der Waals surface area contributed by atoms with E-state index >= 15 is 0 Å². The van der Waals surface area contributed by atoms with Crippen LogP contribution in [-0.2, 0) is 6.54 Å². The molecule has 2 aromatic rings. The molecule has 1 heterocycles. The van der Waals surface area contributed by atoms with Gasteiger partial charge in [0.1, 0.15) is 5.76 Å². The average Bonchev–Trinajstić information content (AvgIpc) is 3.23. The molecule has 1 atom stereocenters. The lowest BCUT2D eigenvalue weighted by Gasteiger charge is -2.20. The third kappa shape index (κ3) is 8.31. The minimum atomic E-state index is -0.593. The number of primary amides is 1. The first-order chi connectivity index (χ1) is 14.5. The second-order valence-electron chi connectivity index (χ2n) is 6.83. The van der Waals surface area contributed by atoms with Gasteiger partial charge in [-0.1, -0.05) is 19.9 Å². The van der Waals surface area contributed by atoms with E-state index in [1.807, 2.05) is 25.1 Å². The van der Waals surface area contributed by atoms with Crippen molar-refractivity contribution in [2.75, 3.05) is 20.3 Å². The van der Waals surface area contributed by atoms with Gasteiger partial charge in [0, 0.05) is 7.05 Å². The summed E-state index contributed by atoms with van der Waals surface area (Å²) in [6, 6.07) is 9.18. The van der Waals surface area contributed by atoms with Gasteiger partial charge in [0.2, 0.25) is 0 Å². The summed E-state index contributed by atoms with van der Waals surface area (Å²) in [6.45, 7) is 7.83. The summed E-state index contributed by atoms with van der Waals surface area (Å²) in [7, 11) is 1.69. The van der Waals surface area contributed by atoms with Gasteiger partial charge in [0.25, 0.3) is 5.91 Å². The van der Waals surface area contributed by atoms with E-state index in [2.05, 4.69) is 29.5 Å². The van der Waals surface area contributed by atoms with Crippen LogP contribution in [0.15, 0.2) is 39.7 Å². The predicted molar refractivity (Wildman–Crippen MR) is 132 cm³/mol. The Morgan fingerprint density at radius 3 is 2.39 bits per heavy atom. The van der Waals surface area contributed by atoms with Gasteiger partial charge in [-0.2, -0.15) is 0 Å². The summed E-state index contributed by atoms with van der Waals surface area (Å²) in [4.78, 5) is 15.4. The van der Waals surface area contributed by atoms with Gasteiger partial charge >= 0.3 is 0 Å². The monoisotopic (exact) mass is 544 g/mol. The zero-order chi connectivity index (χ0) is 21.9. The Morgan fingerprint density at radius 1 is 1.13 bits per heavy atom. The van der Waals surface area contributed by atoms with Gasteiger partial charge in [0.05, 0.1) is 25.8 Å². The highest BCUT2D eigenvalue weighted by molar-refractivity contribution is 14.0. The number of aliphatic imine (C=N–C) groups is 1. The summed E-state index contributed by atoms with van der Waals surface area (Å²) in [6.07, 6.45) is 1.86. The van der Waals surface area contributed by atoms with Crippen molar-refractivity contribution in [3.05, 3.63) is 47.4 Å². The normalized spacial score (nSPS) is 11.9. The van der Waals surface area contributed by atoms with Crippen LogP contribution in [0.3, 0.4) is 0 Å². The number of carbonyl (C=O) groups excluding carboxylic acids is 1. The lowest BCUT2D eigenvalue weighted by molar-refractivity contribution is 0.0972. The van der Waals surface area contributed by atoms with Crippen molar-refractivity contribution in [3.63, 3.8) is 0 Å². The van der Waals surface area contributed by atoms with E-state index < -0.39 is 5.91 Å². The van der Waals surface area contributed by atoms with Crippen molar-refractivity contribution in [1.82, 2.24) is 10.6 Å². The van der Waals surface area contributed by atoms with E-state index in [0.29, 0.717) is 31.5 Å². The van der Waals surface area contributed by atoms with E-state index in [4.69, 9.17) is 19.6 Å². The summed E-state index contributed by atoms with van der Waals surface area (Å²) >= 11 is 0. The smallest absolute Gasteiger partial charge is 0.284 e. The number of carbonyl (C=O) groups is 1. The Balaban J connectivity index is 0.00000480. The van der Waals surface area contributed by atoms with Gasteiger partial charge in [-0.05, 0) is 49.6 Å². The zero-order valence-corrected chi connectivity index (χ0v) is 20.9. The highest BCUT2D eigenvalue weighted by atomic mass is 127. The van der Waals surface area contributed by atoms with Crippen molar-refractivity contribution >= 4 is 35.8 Å². The van der Waals surface area contributed by atoms with Crippen LogP contribution in [0.2, 0.25) is 0 Å². The highest BCUT2D eigenvalue weighted by Gasteiger charge is 2.13. The van der Waals surface area contributed by atoms with Crippen LogP contribution in [0.5, 0.6) is 11.5 Å². The Kier molecular flexibility index (Phi) is 11.8. The maximum absolute atomic E-state index is 11.1. The Morgan fingerprint density at radius 2 is 1.81 bits per heavy atom. The van der Waals surface area contributed by atoms with Crippen molar-refractivity contribution < 1.29 is 18.7 Å². The van der Waals surface area contributed by atoms with Crippen LogP contribution < -0.4 is 25.8 Å². The molecule has 31 heavy (non-hydrogen) atoms. The van der Waals surface area contributed by atoms with E-state index in [-0.39, 0.29) is 35.8 Å². The fourth-order valence-electron chi connectivity index (χ4n) is 2.71. The minimum absolute atomic E-state index is 0. The maximum atomic E-state index is 11.1. The van der Waals surface area contributed by atoms with Gasteiger partial charge in [-0.3, -0.25) is 9.79 Å². The molecule has 1 amide bonds. The lowest BCUT2D eigenvalue weighted by atomic mass is 10.1. The molecule has 1 aromatic heterocycles. The van der Waals surface area contributed by atoms with Crippen LogP contribution in [0.25, 0.3) is 0 Å². The van der Waals surface area contributed by atoms with Gasteiger partial charge < -0.3 is 30.3 Å². The zero-order valence-electron chi connectivity index (χ0n) is 18.6. The van der Waals surface area contributed by atoms with Gasteiger partial charge in [-0.15, -0.1) is 24.0 Å². The number of guanidine groups is 1.